The highest BCUT2D eigenvalue weighted by Crippen LogP contribution is 2.31. The zero-order chi connectivity index (χ0) is 18.4. The number of benzene rings is 1. The van der Waals surface area contributed by atoms with Crippen LogP contribution in [0.2, 0.25) is 0 Å². The van der Waals surface area contributed by atoms with Gasteiger partial charge in [-0.1, -0.05) is 38.2 Å². The van der Waals surface area contributed by atoms with Crippen LogP contribution in [0.3, 0.4) is 0 Å². The molecule has 1 N–H and O–H groups in total. The first-order valence-electron chi connectivity index (χ1n) is 8.66. The molecule has 0 spiro atoms. The van der Waals surface area contributed by atoms with Crippen molar-refractivity contribution in [2.24, 2.45) is 5.41 Å². The van der Waals surface area contributed by atoms with Crippen LogP contribution in [0.25, 0.3) is 10.2 Å². The molecule has 2 aromatic rings. The SMILES string of the molecule is Cc1cc(C)c2nc(NC(=O)C3CCCN3C(=O)C(C)(C)C)sc2c1. The highest BCUT2D eigenvalue weighted by Gasteiger charge is 2.38. The van der Waals surface area contributed by atoms with Crippen molar-refractivity contribution in [2.45, 2.75) is 53.5 Å². The van der Waals surface area contributed by atoms with Gasteiger partial charge in [0, 0.05) is 12.0 Å². The quantitative estimate of drug-likeness (QED) is 0.885. The fourth-order valence-corrected chi connectivity index (χ4v) is 4.37. The number of anilines is 1. The van der Waals surface area contributed by atoms with E-state index in [2.05, 4.69) is 29.4 Å². The molecule has 1 fully saturated rings. The molecule has 134 valence electrons. The van der Waals surface area contributed by atoms with Crippen molar-refractivity contribution in [2.75, 3.05) is 11.9 Å². The molecule has 1 aromatic carbocycles. The van der Waals surface area contributed by atoms with E-state index in [-0.39, 0.29) is 11.8 Å². The minimum absolute atomic E-state index is 0.0286. The summed E-state index contributed by atoms with van der Waals surface area (Å²) < 4.78 is 1.07. The molecule has 2 amide bonds. The summed E-state index contributed by atoms with van der Waals surface area (Å²) >= 11 is 1.48. The molecule has 3 rings (SSSR count). The highest BCUT2D eigenvalue weighted by atomic mass is 32.1. The summed E-state index contributed by atoms with van der Waals surface area (Å²) in [5, 5.41) is 3.53. The number of amides is 2. The van der Waals surface area contributed by atoms with E-state index < -0.39 is 11.5 Å². The lowest BCUT2D eigenvalue weighted by Gasteiger charge is -2.30. The minimum Gasteiger partial charge on any atom is -0.330 e. The molecule has 1 aromatic heterocycles. The van der Waals surface area contributed by atoms with Crippen molar-refractivity contribution < 1.29 is 9.59 Å². The Hall–Kier alpha value is -1.95. The number of nitrogens with one attached hydrogen (secondary N) is 1. The third kappa shape index (κ3) is 3.54. The van der Waals surface area contributed by atoms with Crippen LogP contribution in [-0.2, 0) is 9.59 Å². The standard InChI is InChI=1S/C19H25N3O2S/c1-11-9-12(2)15-14(10-11)25-18(20-15)21-16(23)13-7-6-8-22(13)17(24)19(3,4)5/h9-10,13H,6-8H2,1-5H3,(H,20,21,23). The van der Waals surface area contributed by atoms with E-state index in [9.17, 15) is 9.59 Å². The minimum atomic E-state index is -0.479. The molecule has 1 aliphatic rings. The number of nitrogens with zero attached hydrogens (tertiary/aromatic N) is 2. The second-order valence-electron chi connectivity index (χ2n) is 7.84. The van der Waals surface area contributed by atoms with Gasteiger partial charge in [-0.25, -0.2) is 4.98 Å². The van der Waals surface area contributed by atoms with Crippen LogP contribution in [-0.4, -0.2) is 34.3 Å². The van der Waals surface area contributed by atoms with Gasteiger partial charge in [0.05, 0.1) is 10.2 Å². The van der Waals surface area contributed by atoms with E-state index in [1.54, 1.807) is 4.90 Å². The molecule has 6 heteroatoms. The van der Waals surface area contributed by atoms with Gasteiger partial charge in [0.15, 0.2) is 5.13 Å². The fourth-order valence-electron chi connectivity index (χ4n) is 3.33. The average molecular weight is 359 g/mol. The molecule has 1 saturated heterocycles. The molecular formula is C19H25N3O2S. The summed E-state index contributed by atoms with van der Waals surface area (Å²) in [6.07, 6.45) is 1.56. The smallest absolute Gasteiger partial charge is 0.248 e. The third-order valence-electron chi connectivity index (χ3n) is 4.52. The van der Waals surface area contributed by atoms with Crippen molar-refractivity contribution in [3.05, 3.63) is 23.3 Å². The van der Waals surface area contributed by atoms with Gasteiger partial charge in [0.2, 0.25) is 11.8 Å². The van der Waals surface area contributed by atoms with Crippen LogP contribution >= 0.6 is 11.3 Å². The molecule has 1 aliphatic heterocycles. The lowest BCUT2D eigenvalue weighted by atomic mass is 9.94. The highest BCUT2D eigenvalue weighted by molar-refractivity contribution is 7.22. The lowest BCUT2D eigenvalue weighted by Crippen LogP contribution is -2.47. The zero-order valence-corrected chi connectivity index (χ0v) is 16.3. The Balaban J connectivity index is 1.80. The number of fused-ring (bicyclic) bond motifs is 1. The summed E-state index contributed by atoms with van der Waals surface area (Å²) in [5.74, 6) is -0.107. The van der Waals surface area contributed by atoms with Crippen LogP contribution in [0.5, 0.6) is 0 Å². The Morgan fingerprint density at radius 1 is 1.28 bits per heavy atom. The maximum atomic E-state index is 12.7. The van der Waals surface area contributed by atoms with Gasteiger partial charge in [-0.2, -0.15) is 0 Å². The normalized spacial score (nSPS) is 18.0. The molecular weight excluding hydrogens is 334 g/mol. The van der Waals surface area contributed by atoms with Gasteiger partial charge in [-0.3, -0.25) is 9.59 Å². The number of aryl methyl sites for hydroxylation is 2. The van der Waals surface area contributed by atoms with Gasteiger partial charge >= 0.3 is 0 Å². The first-order valence-corrected chi connectivity index (χ1v) is 9.48. The maximum Gasteiger partial charge on any atom is 0.248 e. The van der Waals surface area contributed by atoms with Crippen molar-refractivity contribution in [3.8, 4) is 0 Å². The maximum absolute atomic E-state index is 12.7. The van der Waals surface area contributed by atoms with Crippen molar-refractivity contribution in [1.82, 2.24) is 9.88 Å². The van der Waals surface area contributed by atoms with E-state index in [1.807, 2.05) is 27.7 Å². The summed E-state index contributed by atoms with van der Waals surface area (Å²) in [5.41, 5.74) is 2.74. The molecule has 0 radical (unpaired) electrons. The van der Waals surface area contributed by atoms with E-state index in [0.717, 1.165) is 22.2 Å². The Morgan fingerprint density at radius 2 is 2.00 bits per heavy atom. The Morgan fingerprint density at radius 3 is 2.68 bits per heavy atom. The second kappa shape index (κ2) is 6.41. The summed E-state index contributed by atoms with van der Waals surface area (Å²) in [6.45, 7) is 10.4. The zero-order valence-electron chi connectivity index (χ0n) is 15.5. The van der Waals surface area contributed by atoms with Crippen molar-refractivity contribution in [1.29, 1.82) is 0 Å². The monoisotopic (exact) mass is 359 g/mol. The Labute approximate surface area is 152 Å². The number of likely N-dealkylation sites (tertiary alicyclic amines) is 1. The van der Waals surface area contributed by atoms with Gasteiger partial charge < -0.3 is 10.2 Å². The molecule has 25 heavy (non-hydrogen) atoms. The number of hydrogen-bond donors (Lipinski definition) is 1. The number of hydrogen-bond acceptors (Lipinski definition) is 4. The summed E-state index contributed by atoms with van der Waals surface area (Å²) in [7, 11) is 0. The van der Waals surface area contributed by atoms with E-state index >= 15 is 0 Å². The molecule has 2 heterocycles. The van der Waals surface area contributed by atoms with Gasteiger partial charge in [0.1, 0.15) is 6.04 Å². The van der Waals surface area contributed by atoms with E-state index in [1.165, 1.54) is 16.9 Å². The van der Waals surface area contributed by atoms with Crippen molar-refractivity contribution >= 4 is 38.5 Å². The van der Waals surface area contributed by atoms with Crippen LogP contribution in [0.4, 0.5) is 5.13 Å². The van der Waals surface area contributed by atoms with Crippen LogP contribution in [0, 0.1) is 19.3 Å². The molecule has 5 nitrogen and oxygen atoms in total. The summed E-state index contributed by atoms with van der Waals surface area (Å²) in [6, 6.07) is 3.77. The topological polar surface area (TPSA) is 62.3 Å². The number of thiazole rings is 1. The van der Waals surface area contributed by atoms with Crippen LogP contribution < -0.4 is 5.32 Å². The Kier molecular flexibility index (Phi) is 4.58. The third-order valence-corrected chi connectivity index (χ3v) is 5.44. The molecule has 1 atom stereocenters. The first kappa shape index (κ1) is 17.9. The van der Waals surface area contributed by atoms with Gasteiger partial charge in [-0.15, -0.1) is 0 Å². The predicted octanol–water partition coefficient (Wildman–Crippen LogP) is 3.89. The molecule has 1 unspecified atom stereocenters. The number of carbonyl (C=O) groups excluding carboxylic acids is 2. The van der Waals surface area contributed by atoms with Crippen LogP contribution in [0.15, 0.2) is 12.1 Å². The van der Waals surface area contributed by atoms with Gasteiger partial charge in [-0.05, 0) is 43.9 Å². The Bertz CT molecular complexity index is 835. The van der Waals surface area contributed by atoms with Crippen molar-refractivity contribution in [3.63, 3.8) is 0 Å². The van der Waals surface area contributed by atoms with E-state index in [4.69, 9.17) is 0 Å². The van der Waals surface area contributed by atoms with Crippen LogP contribution in [0.1, 0.15) is 44.7 Å². The molecule has 0 aliphatic carbocycles. The van der Waals surface area contributed by atoms with Gasteiger partial charge in [0.25, 0.3) is 0 Å². The molecule has 0 saturated carbocycles. The number of rotatable bonds is 2. The lowest BCUT2D eigenvalue weighted by molar-refractivity contribution is -0.143. The largest absolute Gasteiger partial charge is 0.330 e. The molecule has 0 bridgehead atoms. The predicted molar refractivity (Wildman–Crippen MR) is 102 cm³/mol. The first-order chi connectivity index (χ1) is 11.7. The second-order valence-corrected chi connectivity index (χ2v) is 8.87. The summed E-state index contributed by atoms with van der Waals surface area (Å²) in [4.78, 5) is 31.6. The average Bonchev–Trinajstić information content (AvgIpc) is 3.11. The number of carbonyl (C=O) groups is 2. The fraction of sp³-hybridized carbons (Fsp3) is 0.526. The number of aromatic nitrogens is 1. The van der Waals surface area contributed by atoms with E-state index in [0.29, 0.717) is 18.1 Å².